The molecule has 0 fully saturated rings. The highest BCUT2D eigenvalue weighted by atomic mass is 19.1. The molecule has 4 rings (SSSR count). The third-order valence-corrected chi connectivity index (χ3v) is 4.43. The van der Waals surface area contributed by atoms with Gasteiger partial charge in [-0.25, -0.2) is 8.78 Å². The predicted octanol–water partition coefficient (Wildman–Crippen LogP) is 4.19. The van der Waals surface area contributed by atoms with Gasteiger partial charge in [-0.05, 0) is 35.6 Å². The van der Waals surface area contributed by atoms with Gasteiger partial charge >= 0.3 is 0 Å². The minimum absolute atomic E-state index is 0.00818. The molecule has 1 aromatic carbocycles. The van der Waals surface area contributed by atoms with Crippen molar-refractivity contribution in [1.82, 2.24) is 4.98 Å². The minimum atomic E-state index is -0.530. The lowest BCUT2D eigenvalue weighted by Crippen LogP contribution is -2.30. The summed E-state index contributed by atoms with van der Waals surface area (Å²) in [5, 5.41) is 3.26. The summed E-state index contributed by atoms with van der Waals surface area (Å²) in [5.41, 5.74) is 2.16. The molecule has 1 aliphatic carbocycles. The van der Waals surface area contributed by atoms with Gasteiger partial charge in [-0.3, -0.25) is 4.98 Å². The fourth-order valence-corrected chi connectivity index (χ4v) is 3.51. The van der Waals surface area contributed by atoms with E-state index in [1.807, 2.05) is 12.1 Å². The number of allylic oxidation sites excluding steroid dienone is 2. The summed E-state index contributed by atoms with van der Waals surface area (Å²) in [4.78, 5) is 4.15. The van der Waals surface area contributed by atoms with E-state index in [1.54, 1.807) is 12.4 Å². The Morgan fingerprint density at radius 2 is 2.14 bits per heavy atom. The molecule has 1 N–H and O–H groups in total. The van der Waals surface area contributed by atoms with Crippen molar-refractivity contribution in [3.05, 3.63) is 71.6 Å². The Bertz CT molecular complexity index is 712. The maximum Gasteiger partial charge on any atom is 0.149 e. The number of rotatable bonds is 1. The summed E-state index contributed by atoms with van der Waals surface area (Å²) >= 11 is 0. The summed E-state index contributed by atoms with van der Waals surface area (Å²) in [6, 6.07) is 6.24. The first-order valence-electron chi connectivity index (χ1n) is 7.06. The molecule has 21 heavy (non-hydrogen) atoms. The number of fused-ring (bicyclic) bond motifs is 3. The van der Waals surface area contributed by atoms with Crippen LogP contribution in [0.1, 0.15) is 29.5 Å². The normalized spacial score (nSPS) is 26.1. The van der Waals surface area contributed by atoms with Gasteiger partial charge in [0.15, 0.2) is 0 Å². The van der Waals surface area contributed by atoms with E-state index >= 15 is 0 Å². The highest BCUT2D eigenvalue weighted by molar-refractivity contribution is 5.60. The summed E-state index contributed by atoms with van der Waals surface area (Å²) < 4.78 is 27.7. The van der Waals surface area contributed by atoms with Gasteiger partial charge in [0.2, 0.25) is 0 Å². The fraction of sp³-hybridized carbons (Fsp3) is 0.235. The smallest absolute Gasteiger partial charge is 0.149 e. The van der Waals surface area contributed by atoms with Gasteiger partial charge in [0.1, 0.15) is 11.6 Å². The third kappa shape index (κ3) is 1.94. The molecule has 0 spiro atoms. The quantitative estimate of drug-likeness (QED) is 0.794. The summed E-state index contributed by atoms with van der Waals surface area (Å²) in [7, 11) is 0. The van der Waals surface area contributed by atoms with Gasteiger partial charge in [0.25, 0.3) is 0 Å². The van der Waals surface area contributed by atoms with E-state index in [0.717, 1.165) is 18.1 Å². The van der Waals surface area contributed by atoms with Gasteiger partial charge < -0.3 is 5.32 Å². The summed E-state index contributed by atoms with van der Waals surface area (Å²) in [6.45, 7) is 0. The van der Waals surface area contributed by atoms with Crippen molar-refractivity contribution in [2.24, 2.45) is 5.92 Å². The number of hydrogen-bond acceptors (Lipinski definition) is 2. The van der Waals surface area contributed by atoms with Crippen LogP contribution >= 0.6 is 0 Å². The van der Waals surface area contributed by atoms with Crippen LogP contribution in [-0.2, 0) is 0 Å². The monoisotopic (exact) mass is 284 g/mol. The molecule has 4 heteroatoms. The fourth-order valence-electron chi connectivity index (χ4n) is 3.51. The molecule has 0 saturated heterocycles. The number of hydrogen-bond donors (Lipinski definition) is 1. The van der Waals surface area contributed by atoms with Crippen molar-refractivity contribution >= 4 is 5.69 Å². The molecule has 2 aliphatic rings. The molecule has 1 aliphatic heterocycles. The van der Waals surface area contributed by atoms with E-state index in [0.29, 0.717) is 11.3 Å². The molecule has 2 aromatic rings. The molecule has 0 bridgehead atoms. The molecule has 2 nitrogen and oxygen atoms in total. The van der Waals surface area contributed by atoms with Crippen LogP contribution in [0.3, 0.4) is 0 Å². The number of nitrogens with one attached hydrogen (secondary N) is 1. The molecular weight excluding hydrogens is 270 g/mol. The lowest BCUT2D eigenvalue weighted by Gasteiger charge is -2.37. The molecule has 0 unspecified atom stereocenters. The van der Waals surface area contributed by atoms with E-state index in [-0.39, 0.29) is 17.9 Å². The largest absolute Gasteiger partial charge is 0.375 e. The van der Waals surface area contributed by atoms with Crippen LogP contribution < -0.4 is 5.32 Å². The van der Waals surface area contributed by atoms with Gasteiger partial charge in [-0.2, -0.15) is 0 Å². The van der Waals surface area contributed by atoms with Crippen LogP contribution in [0.4, 0.5) is 14.5 Å². The molecule has 1 aromatic heterocycles. The predicted molar refractivity (Wildman–Crippen MR) is 76.9 cm³/mol. The average molecular weight is 284 g/mol. The molecule has 3 atom stereocenters. The van der Waals surface area contributed by atoms with Crippen LogP contribution in [0.2, 0.25) is 0 Å². The second-order valence-electron chi connectivity index (χ2n) is 5.61. The Labute approximate surface area is 121 Å². The number of benzene rings is 1. The maximum atomic E-state index is 14.1. The first-order valence-corrected chi connectivity index (χ1v) is 7.06. The average Bonchev–Trinajstić information content (AvgIpc) is 2.97. The zero-order valence-electron chi connectivity index (χ0n) is 11.3. The van der Waals surface area contributed by atoms with E-state index in [9.17, 15) is 8.78 Å². The molecule has 2 heterocycles. The minimum Gasteiger partial charge on any atom is -0.375 e. The standard InChI is InChI=1S/C17H14F2N2/c18-11-7-14-12-4-1-5-13(12)16(10-3-2-6-20-9-10)21-17(14)15(19)8-11/h1-4,6-9,12-13,16,21H,5H2/t12-,13-,16-/m1/s1. The Morgan fingerprint density at radius 1 is 1.24 bits per heavy atom. The van der Waals surface area contributed by atoms with Crippen molar-refractivity contribution in [2.45, 2.75) is 18.4 Å². The zero-order valence-corrected chi connectivity index (χ0v) is 11.3. The van der Waals surface area contributed by atoms with Crippen molar-refractivity contribution in [3.63, 3.8) is 0 Å². The third-order valence-electron chi connectivity index (χ3n) is 4.43. The van der Waals surface area contributed by atoms with E-state index in [4.69, 9.17) is 0 Å². The first-order chi connectivity index (χ1) is 10.2. The van der Waals surface area contributed by atoms with Crippen LogP contribution in [-0.4, -0.2) is 4.98 Å². The first kappa shape index (κ1) is 12.5. The highest BCUT2D eigenvalue weighted by Crippen LogP contribution is 2.50. The van der Waals surface area contributed by atoms with E-state index in [2.05, 4.69) is 22.5 Å². The van der Waals surface area contributed by atoms with Crippen molar-refractivity contribution in [1.29, 1.82) is 0 Å². The van der Waals surface area contributed by atoms with Crippen molar-refractivity contribution in [3.8, 4) is 0 Å². The summed E-state index contributed by atoms with van der Waals surface area (Å²) in [6.07, 6.45) is 8.58. The second kappa shape index (κ2) is 4.65. The maximum absolute atomic E-state index is 14.1. The lowest BCUT2D eigenvalue weighted by molar-refractivity contribution is 0.417. The van der Waals surface area contributed by atoms with Crippen LogP contribution in [0.15, 0.2) is 48.8 Å². The number of anilines is 1. The van der Waals surface area contributed by atoms with Crippen LogP contribution in [0.5, 0.6) is 0 Å². The van der Waals surface area contributed by atoms with Crippen molar-refractivity contribution in [2.75, 3.05) is 5.32 Å². The molecule has 0 amide bonds. The SMILES string of the molecule is Fc1cc(F)c2c(c1)[C@@H]1C=CC[C@H]1[C@@H](c1cccnc1)N2. The number of aromatic nitrogens is 1. The number of nitrogens with zero attached hydrogens (tertiary/aromatic N) is 1. The van der Waals surface area contributed by atoms with Crippen LogP contribution in [0.25, 0.3) is 0 Å². The van der Waals surface area contributed by atoms with Gasteiger partial charge in [-0.1, -0.05) is 18.2 Å². The van der Waals surface area contributed by atoms with Gasteiger partial charge in [0, 0.05) is 24.4 Å². The van der Waals surface area contributed by atoms with Crippen LogP contribution in [0, 0.1) is 17.6 Å². The Hall–Kier alpha value is -2.23. The number of halogens is 2. The van der Waals surface area contributed by atoms with Gasteiger partial charge in [0.05, 0.1) is 11.7 Å². The Morgan fingerprint density at radius 3 is 2.95 bits per heavy atom. The van der Waals surface area contributed by atoms with Gasteiger partial charge in [-0.15, -0.1) is 0 Å². The zero-order chi connectivity index (χ0) is 14.4. The highest BCUT2D eigenvalue weighted by Gasteiger charge is 2.39. The van der Waals surface area contributed by atoms with Crippen molar-refractivity contribution < 1.29 is 8.78 Å². The topological polar surface area (TPSA) is 24.9 Å². The summed E-state index contributed by atoms with van der Waals surface area (Å²) in [5.74, 6) is -0.732. The Balaban J connectivity index is 1.84. The Kier molecular flexibility index (Phi) is 2.77. The second-order valence-corrected chi connectivity index (χ2v) is 5.61. The molecular formula is C17H14F2N2. The molecule has 0 saturated carbocycles. The number of pyridine rings is 1. The van der Waals surface area contributed by atoms with E-state index in [1.165, 1.54) is 6.07 Å². The molecule has 0 radical (unpaired) electrons. The lowest BCUT2D eigenvalue weighted by atomic mass is 9.77. The van der Waals surface area contributed by atoms with E-state index < -0.39 is 11.6 Å². The molecule has 106 valence electrons.